The summed E-state index contributed by atoms with van der Waals surface area (Å²) in [5.41, 5.74) is 5.64. The van der Waals surface area contributed by atoms with E-state index in [1.807, 2.05) is 37.3 Å². The SMILES string of the molecule is Cc1ccc(C(Cc2ccc(Br)cc2F)NN)cc1. The summed E-state index contributed by atoms with van der Waals surface area (Å²) >= 11 is 3.25. The summed E-state index contributed by atoms with van der Waals surface area (Å²) in [6.07, 6.45) is 0.513. The van der Waals surface area contributed by atoms with E-state index in [0.717, 1.165) is 10.0 Å². The summed E-state index contributed by atoms with van der Waals surface area (Å²) in [7, 11) is 0. The molecule has 1 unspecified atom stereocenters. The molecule has 0 aliphatic rings. The van der Waals surface area contributed by atoms with E-state index >= 15 is 0 Å². The van der Waals surface area contributed by atoms with Crippen LogP contribution in [0, 0.1) is 12.7 Å². The summed E-state index contributed by atoms with van der Waals surface area (Å²) in [6, 6.07) is 13.1. The van der Waals surface area contributed by atoms with Gasteiger partial charge in [0.25, 0.3) is 0 Å². The minimum Gasteiger partial charge on any atom is -0.271 e. The van der Waals surface area contributed by atoms with Gasteiger partial charge in [-0.15, -0.1) is 0 Å². The summed E-state index contributed by atoms with van der Waals surface area (Å²) in [6.45, 7) is 2.03. The fraction of sp³-hybridized carbons (Fsp3) is 0.200. The van der Waals surface area contributed by atoms with E-state index < -0.39 is 0 Å². The highest BCUT2D eigenvalue weighted by Crippen LogP contribution is 2.22. The molecule has 0 fully saturated rings. The Morgan fingerprint density at radius 1 is 1.21 bits per heavy atom. The average Bonchev–Trinajstić information content (AvgIpc) is 2.39. The van der Waals surface area contributed by atoms with Crippen molar-refractivity contribution in [2.75, 3.05) is 0 Å². The van der Waals surface area contributed by atoms with Crippen molar-refractivity contribution in [1.82, 2.24) is 5.43 Å². The Kier molecular flexibility index (Phi) is 4.69. The average molecular weight is 323 g/mol. The number of rotatable bonds is 4. The first-order valence-corrected chi connectivity index (χ1v) is 6.86. The van der Waals surface area contributed by atoms with Gasteiger partial charge in [-0.1, -0.05) is 51.8 Å². The molecule has 3 N–H and O–H groups in total. The number of nitrogens with two attached hydrogens (primary N) is 1. The van der Waals surface area contributed by atoms with Crippen LogP contribution in [0.4, 0.5) is 4.39 Å². The van der Waals surface area contributed by atoms with Gasteiger partial charge in [0.05, 0.1) is 6.04 Å². The van der Waals surface area contributed by atoms with Crippen molar-refractivity contribution in [3.63, 3.8) is 0 Å². The zero-order valence-corrected chi connectivity index (χ0v) is 12.2. The third-order valence-corrected chi connectivity index (χ3v) is 3.61. The standard InChI is InChI=1S/C15H16BrFN2/c1-10-2-4-11(5-3-10)15(19-18)8-12-6-7-13(16)9-14(12)17/h2-7,9,15,19H,8,18H2,1H3. The van der Waals surface area contributed by atoms with E-state index in [1.54, 1.807) is 6.07 Å². The molecule has 0 aliphatic heterocycles. The van der Waals surface area contributed by atoms with Gasteiger partial charge in [-0.05, 0) is 36.6 Å². The van der Waals surface area contributed by atoms with Crippen molar-refractivity contribution < 1.29 is 4.39 Å². The number of hydrogen-bond donors (Lipinski definition) is 2. The van der Waals surface area contributed by atoms with Crippen molar-refractivity contribution in [1.29, 1.82) is 0 Å². The molecule has 4 heteroatoms. The van der Waals surface area contributed by atoms with Crippen LogP contribution in [0.5, 0.6) is 0 Å². The summed E-state index contributed by atoms with van der Waals surface area (Å²) in [4.78, 5) is 0. The maximum Gasteiger partial charge on any atom is 0.127 e. The van der Waals surface area contributed by atoms with Gasteiger partial charge in [-0.25, -0.2) is 4.39 Å². The molecule has 19 heavy (non-hydrogen) atoms. The van der Waals surface area contributed by atoms with Crippen LogP contribution >= 0.6 is 15.9 Å². The zero-order chi connectivity index (χ0) is 13.8. The van der Waals surface area contributed by atoms with E-state index in [2.05, 4.69) is 21.4 Å². The largest absolute Gasteiger partial charge is 0.271 e. The van der Waals surface area contributed by atoms with E-state index in [9.17, 15) is 4.39 Å². The Morgan fingerprint density at radius 3 is 2.47 bits per heavy atom. The van der Waals surface area contributed by atoms with Crippen molar-refractivity contribution in [2.45, 2.75) is 19.4 Å². The van der Waals surface area contributed by atoms with Crippen molar-refractivity contribution >= 4 is 15.9 Å². The maximum absolute atomic E-state index is 13.8. The van der Waals surface area contributed by atoms with Crippen LogP contribution in [-0.4, -0.2) is 0 Å². The molecule has 0 saturated heterocycles. The van der Waals surface area contributed by atoms with E-state index in [1.165, 1.54) is 11.6 Å². The van der Waals surface area contributed by atoms with Gasteiger partial charge in [-0.3, -0.25) is 11.3 Å². The lowest BCUT2D eigenvalue weighted by Gasteiger charge is -2.17. The van der Waals surface area contributed by atoms with Gasteiger partial charge in [0.15, 0.2) is 0 Å². The van der Waals surface area contributed by atoms with E-state index in [4.69, 9.17) is 5.84 Å². The van der Waals surface area contributed by atoms with Crippen LogP contribution in [0.15, 0.2) is 46.9 Å². The molecule has 0 amide bonds. The summed E-state index contributed by atoms with van der Waals surface area (Å²) in [5.74, 6) is 5.37. The topological polar surface area (TPSA) is 38.0 Å². The minimum atomic E-state index is -0.221. The Morgan fingerprint density at radius 2 is 1.89 bits per heavy atom. The van der Waals surface area contributed by atoms with Gasteiger partial charge in [0.1, 0.15) is 5.82 Å². The highest BCUT2D eigenvalue weighted by Gasteiger charge is 2.13. The monoisotopic (exact) mass is 322 g/mol. The van der Waals surface area contributed by atoms with Gasteiger partial charge in [-0.2, -0.15) is 0 Å². The second kappa shape index (κ2) is 6.28. The number of aryl methyl sites for hydroxylation is 1. The molecule has 2 rings (SSSR count). The van der Waals surface area contributed by atoms with Crippen LogP contribution in [0.3, 0.4) is 0 Å². The maximum atomic E-state index is 13.8. The molecule has 2 aromatic rings. The van der Waals surface area contributed by atoms with Crippen LogP contribution in [-0.2, 0) is 6.42 Å². The predicted octanol–water partition coefficient (Wildman–Crippen LogP) is 3.64. The fourth-order valence-corrected chi connectivity index (χ4v) is 2.31. The Hall–Kier alpha value is -1.23. The van der Waals surface area contributed by atoms with Crippen LogP contribution < -0.4 is 11.3 Å². The zero-order valence-electron chi connectivity index (χ0n) is 10.7. The van der Waals surface area contributed by atoms with Gasteiger partial charge < -0.3 is 0 Å². The Bertz CT molecular complexity index is 555. The second-order valence-electron chi connectivity index (χ2n) is 4.57. The van der Waals surface area contributed by atoms with E-state index in [0.29, 0.717) is 12.0 Å². The van der Waals surface area contributed by atoms with Crippen molar-refractivity contribution in [3.8, 4) is 0 Å². The molecule has 0 heterocycles. The van der Waals surface area contributed by atoms with Gasteiger partial charge >= 0.3 is 0 Å². The minimum absolute atomic E-state index is 0.101. The normalized spacial score (nSPS) is 12.4. The number of hydrazine groups is 1. The Balaban J connectivity index is 2.21. The molecule has 0 aromatic heterocycles. The summed E-state index contributed by atoms with van der Waals surface area (Å²) < 4.78 is 14.6. The molecule has 0 saturated carbocycles. The highest BCUT2D eigenvalue weighted by atomic mass is 79.9. The number of hydrogen-bond acceptors (Lipinski definition) is 2. The van der Waals surface area contributed by atoms with Crippen molar-refractivity contribution in [3.05, 3.63) is 69.4 Å². The summed E-state index contributed by atoms with van der Waals surface area (Å²) in [5, 5.41) is 0. The smallest absolute Gasteiger partial charge is 0.127 e. The number of halogens is 2. The molecule has 1 atom stereocenters. The van der Waals surface area contributed by atoms with Crippen molar-refractivity contribution in [2.24, 2.45) is 5.84 Å². The third-order valence-electron chi connectivity index (χ3n) is 3.12. The molecule has 2 aromatic carbocycles. The first kappa shape index (κ1) is 14.2. The molecule has 0 aliphatic carbocycles. The lowest BCUT2D eigenvalue weighted by Crippen LogP contribution is -2.29. The molecule has 0 bridgehead atoms. The number of benzene rings is 2. The second-order valence-corrected chi connectivity index (χ2v) is 5.49. The van der Waals surface area contributed by atoms with Crippen LogP contribution in [0.2, 0.25) is 0 Å². The third kappa shape index (κ3) is 3.62. The van der Waals surface area contributed by atoms with Crippen LogP contribution in [0.25, 0.3) is 0 Å². The molecule has 100 valence electrons. The first-order chi connectivity index (χ1) is 9.10. The molecule has 0 radical (unpaired) electrons. The lowest BCUT2D eigenvalue weighted by molar-refractivity contribution is 0.529. The van der Waals surface area contributed by atoms with Crippen LogP contribution in [0.1, 0.15) is 22.7 Å². The fourth-order valence-electron chi connectivity index (χ4n) is 1.98. The highest BCUT2D eigenvalue weighted by molar-refractivity contribution is 9.10. The predicted molar refractivity (Wildman–Crippen MR) is 79.0 cm³/mol. The van der Waals surface area contributed by atoms with Gasteiger partial charge in [0.2, 0.25) is 0 Å². The lowest BCUT2D eigenvalue weighted by atomic mass is 9.98. The molecular formula is C15H16BrFN2. The number of nitrogens with one attached hydrogen (secondary N) is 1. The first-order valence-electron chi connectivity index (χ1n) is 6.07. The molecule has 0 spiro atoms. The molecule has 2 nitrogen and oxygen atoms in total. The Labute approximate surface area is 120 Å². The van der Waals surface area contributed by atoms with Gasteiger partial charge in [0, 0.05) is 4.47 Å². The molecular weight excluding hydrogens is 307 g/mol. The quantitative estimate of drug-likeness (QED) is 0.666. The van der Waals surface area contributed by atoms with E-state index in [-0.39, 0.29) is 11.9 Å².